The topological polar surface area (TPSA) is 139 Å². The van der Waals surface area contributed by atoms with Crippen LogP contribution in [0, 0.1) is 0 Å². The molecule has 9 nitrogen and oxygen atoms in total. The van der Waals surface area contributed by atoms with Crippen LogP contribution in [-0.4, -0.2) is 34.1 Å². The summed E-state index contributed by atoms with van der Waals surface area (Å²) in [5.74, 6) is -0.322. The van der Waals surface area contributed by atoms with Gasteiger partial charge in [0.1, 0.15) is 5.75 Å². The van der Waals surface area contributed by atoms with Crippen molar-refractivity contribution in [2.75, 3.05) is 28.7 Å². The fourth-order valence-corrected chi connectivity index (χ4v) is 3.70. The number of benzene rings is 1. The molecule has 0 saturated carbocycles. The van der Waals surface area contributed by atoms with Crippen molar-refractivity contribution in [3.63, 3.8) is 0 Å². The zero-order valence-corrected chi connectivity index (χ0v) is 17.6. The van der Waals surface area contributed by atoms with Gasteiger partial charge >= 0.3 is 0 Å². The predicted molar refractivity (Wildman–Crippen MR) is 119 cm³/mol. The van der Waals surface area contributed by atoms with Crippen molar-refractivity contribution >= 4 is 52.1 Å². The number of H-pyrrole nitrogens is 1. The van der Waals surface area contributed by atoms with Crippen LogP contribution in [-0.2, 0) is 4.79 Å². The fourth-order valence-electron chi connectivity index (χ4n) is 2.41. The Morgan fingerprint density at radius 1 is 1.23 bits per heavy atom. The highest BCUT2D eigenvalue weighted by Gasteiger charge is 2.15. The van der Waals surface area contributed by atoms with Crippen LogP contribution >= 0.6 is 23.1 Å². The van der Waals surface area contributed by atoms with E-state index in [1.165, 1.54) is 11.3 Å². The first-order chi connectivity index (χ1) is 14.5. The lowest BCUT2D eigenvalue weighted by Crippen LogP contribution is -2.23. The van der Waals surface area contributed by atoms with Crippen molar-refractivity contribution in [3.8, 4) is 5.75 Å². The number of aromatic nitrogens is 2. The number of carbonyl (C=O) groups is 2. The second kappa shape index (κ2) is 9.94. The Hall–Kier alpha value is -3.31. The smallest absolute Gasteiger partial charge is 0.277 e. The summed E-state index contributed by atoms with van der Waals surface area (Å²) in [4.78, 5) is 43.7. The van der Waals surface area contributed by atoms with Crippen LogP contribution in [0.5, 0.6) is 5.75 Å². The van der Waals surface area contributed by atoms with Gasteiger partial charge in [0.25, 0.3) is 11.5 Å². The van der Waals surface area contributed by atoms with Crippen LogP contribution in [0.2, 0.25) is 0 Å². The SMILES string of the molecule is CCOc1ccccc1NC(=O)CSc1nc(N)c(NC(=O)c2cccs2)c(=O)[nH]1. The summed E-state index contributed by atoms with van der Waals surface area (Å²) in [5, 5.41) is 7.13. The number of thioether (sulfide) groups is 1. The van der Waals surface area contributed by atoms with Crippen LogP contribution in [0.3, 0.4) is 0 Å². The number of anilines is 3. The molecule has 0 fully saturated rings. The first-order valence-corrected chi connectivity index (χ1v) is 10.7. The Balaban J connectivity index is 1.63. The minimum Gasteiger partial charge on any atom is -0.492 e. The van der Waals surface area contributed by atoms with Gasteiger partial charge in [0.15, 0.2) is 16.7 Å². The highest BCUT2D eigenvalue weighted by atomic mass is 32.2. The molecule has 156 valence electrons. The zero-order chi connectivity index (χ0) is 21.5. The maximum absolute atomic E-state index is 12.3. The van der Waals surface area contributed by atoms with Crippen molar-refractivity contribution in [2.24, 2.45) is 0 Å². The summed E-state index contributed by atoms with van der Waals surface area (Å²) in [5.41, 5.74) is 5.66. The quantitative estimate of drug-likeness (QED) is 0.309. The van der Waals surface area contributed by atoms with Crippen molar-refractivity contribution in [3.05, 3.63) is 57.0 Å². The molecule has 2 aromatic heterocycles. The molecule has 0 atom stereocenters. The minimum absolute atomic E-state index is 0.0102. The van der Waals surface area contributed by atoms with E-state index in [9.17, 15) is 14.4 Å². The number of aromatic amines is 1. The molecule has 3 rings (SSSR count). The third kappa shape index (κ3) is 5.39. The van der Waals surface area contributed by atoms with Crippen molar-refractivity contribution in [1.29, 1.82) is 0 Å². The number of nitrogens with two attached hydrogens (primary N) is 1. The number of amides is 2. The number of rotatable bonds is 8. The van der Waals surface area contributed by atoms with E-state index >= 15 is 0 Å². The van der Waals surface area contributed by atoms with Crippen molar-refractivity contribution < 1.29 is 14.3 Å². The van der Waals surface area contributed by atoms with Crippen LogP contribution < -0.4 is 26.7 Å². The van der Waals surface area contributed by atoms with E-state index in [0.29, 0.717) is 22.9 Å². The molecule has 0 radical (unpaired) electrons. The van der Waals surface area contributed by atoms with Gasteiger partial charge in [-0.05, 0) is 30.5 Å². The second-order valence-electron chi connectivity index (χ2n) is 5.83. The van der Waals surface area contributed by atoms with Crippen LogP contribution in [0.15, 0.2) is 51.7 Å². The molecule has 0 saturated heterocycles. The molecule has 5 N–H and O–H groups in total. The number of nitrogens with one attached hydrogen (secondary N) is 3. The fraction of sp³-hybridized carbons (Fsp3) is 0.158. The molecule has 0 aliphatic heterocycles. The molecule has 2 amide bonds. The monoisotopic (exact) mass is 445 g/mol. The van der Waals surface area contributed by atoms with Crippen LogP contribution in [0.25, 0.3) is 0 Å². The van der Waals surface area contributed by atoms with E-state index in [1.54, 1.807) is 35.7 Å². The summed E-state index contributed by atoms with van der Waals surface area (Å²) >= 11 is 2.25. The molecular formula is C19H19N5O4S2. The third-order valence-corrected chi connectivity index (χ3v) is 5.45. The number of carbonyl (C=O) groups excluding carboxylic acids is 2. The number of ether oxygens (including phenoxy) is 1. The molecule has 3 aromatic rings. The van der Waals surface area contributed by atoms with Gasteiger partial charge in [0, 0.05) is 0 Å². The van der Waals surface area contributed by atoms with E-state index in [2.05, 4.69) is 20.6 Å². The van der Waals surface area contributed by atoms with Gasteiger partial charge < -0.3 is 21.1 Å². The third-order valence-electron chi connectivity index (χ3n) is 3.71. The van der Waals surface area contributed by atoms with Crippen molar-refractivity contribution in [2.45, 2.75) is 12.1 Å². The summed E-state index contributed by atoms with van der Waals surface area (Å²) in [6.45, 7) is 2.33. The maximum atomic E-state index is 12.3. The largest absolute Gasteiger partial charge is 0.492 e. The molecule has 1 aromatic carbocycles. The van der Waals surface area contributed by atoms with Gasteiger partial charge in [-0.2, -0.15) is 0 Å². The Morgan fingerprint density at radius 3 is 2.73 bits per heavy atom. The molecule has 11 heteroatoms. The standard InChI is InChI=1S/C19H19N5O4S2/c1-2-28-12-7-4-3-6-11(12)21-14(25)10-30-19-23-16(20)15(18(27)24-19)22-17(26)13-8-5-9-29-13/h3-9H,2,10H2,1H3,(H,21,25)(H,22,26)(H3,20,23,24,27). The van der Waals surface area contributed by atoms with Gasteiger partial charge in [-0.15, -0.1) is 11.3 Å². The van der Waals surface area contributed by atoms with Crippen LogP contribution in [0.4, 0.5) is 17.2 Å². The normalized spacial score (nSPS) is 10.4. The minimum atomic E-state index is -0.600. The number of nitrogens with zero attached hydrogens (tertiary/aromatic N) is 1. The Morgan fingerprint density at radius 2 is 2.03 bits per heavy atom. The highest BCUT2D eigenvalue weighted by Crippen LogP contribution is 2.24. The Labute approximate surface area is 180 Å². The first kappa shape index (κ1) is 21.4. The summed E-state index contributed by atoms with van der Waals surface area (Å²) in [7, 11) is 0. The van der Waals surface area contributed by atoms with E-state index < -0.39 is 11.5 Å². The predicted octanol–water partition coefficient (Wildman–Crippen LogP) is 2.80. The summed E-state index contributed by atoms with van der Waals surface area (Å²) in [6.07, 6.45) is 0. The van der Waals surface area contributed by atoms with E-state index in [-0.39, 0.29) is 28.3 Å². The second-order valence-corrected chi connectivity index (χ2v) is 7.74. The molecule has 0 bridgehead atoms. The molecular weight excluding hydrogens is 426 g/mol. The number of nitrogen functional groups attached to an aromatic ring is 1. The lowest BCUT2D eigenvalue weighted by molar-refractivity contribution is -0.113. The van der Waals surface area contributed by atoms with E-state index in [1.807, 2.05) is 13.0 Å². The van der Waals surface area contributed by atoms with E-state index in [0.717, 1.165) is 11.8 Å². The summed E-state index contributed by atoms with van der Waals surface area (Å²) < 4.78 is 5.47. The molecule has 0 aliphatic rings. The first-order valence-electron chi connectivity index (χ1n) is 8.87. The number of hydrogen-bond acceptors (Lipinski definition) is 8. The highest BCUT2D eigenvalue weighted by molar-refractivity contribution is 7.99. The van der Waals surface area contributed by atoms with Gasteiger partial charge in [0.2, 0.25) is 5.91 Å². The average Bonchev–Trinajstić information content (AvgIpc) is 3.26. The van der Waals surface area contributed by atoms with E-state index in [4.69, 9.17) is 10.5 Å². The molecule has 0 unspecified atom stereocenters. The van der Waals surface area contributed by atoms with Gasteiger partial charge in [-0.1, -0.05) is 30.0 Å². The lowest BCUT2D eigenvalue weighted by atomic mass is 10.3. The maximum Gasteiger partial charge on any atom is 0.277 e. The average molecular weight is 446 g/mol. The molecule has 0 aliphatic carbocycles. The lowest BCUT2D eigenvalue weighted by Gasteiger charge is -2.11. The molecule has 30 heavy (non-hydrogen) atoms. The number of para-hydroxylation sites is 2. The Kier molecular flexibility index (Phi) is 7.09. The molecule has 0 spiro atoms. The van der Waals surface area contributed by atoms with Crippen LogP contribution in [0.1, 0.15) is 16.6 Å². The molecule has 2 heterocycles. The van der Waals surface area contributed by atoms with Gasteiger partial charge in [0.05, 0.1) is 22.9 Å². The van der Waals surface area contributed by atoms with Crippen molar-refractivity contribution in [1.82, 2.24) is 9.97 Å². The van der Waals surface area contributed by atoms with Gasteiger partial charge in [-0.25, -0.2) is 4.98 Å². The number of thiophene rings is 1. The summed E-state index contributed by atoms with van der Waals surface area (Å²) in [6, 6.07) is 10.4. The zero-order valence-electron chi connectivity index (χ0n) is 15.9. The Bertz CT molecular complexity index is 1100. The van der Waals surface area contributed by atoms with Gasteiger partial charge in [-0.3, -0.25) is 19.4 Å². The number of hydrogen-bond donors (Lipinski definition) is 4.